The van der Waals surface area contributed by atoms with Crippen molar-refractivity contribution in [3.63, 3.8) is 0 Å². The first kappa shape index (κ1) is 19.1. The van der Waals surface area contributed by atoms with Gasteiger partial charge in [0.15, 0.2) is 0 Å². The lowest BCUT2D eigenvalue weighted by Gasteiger charge is -2.39. The summed E-state index contributed by atoms with van der Waals surface area (Å²) in [5.74, 6) is 0.565. The number of halogens is 1. The van der Waals surface area contributed by atoms with Gasteiger partial charge in [0, 0.05) is 23.3 Å². The fourth-order valence-corrected chi connectivity index (χ4v) is 4.28. The van der Waals surface area contributed by atoms with Gasteiger partial charge in [-0.3, -0.25) is 0 Å². The number of benzene rings is 1. The van der Waals surface area contributed by atoms with Crippen LogP contribution in [0.2, 0.25) is 5.02 Å². The molecule has 0 aliphatic heterocycles. The van der Waals surface area contributed by atoms with Crippen molar-refractivity contribution >= 4 is 23.3 Å². The zero-order valence-corrected chi connectivity index (χ0v) is 16.2. The maximum absolute atomic E-state index is 12.0. The first-order valence-corrected chi connectivity index (χ1v) is 9.54. The Morgan fingerprint density at radius 2 is 1.92 bits per heavy atom. The Morgan fingerprint density at radius 3 is 2.46 bits per heavy atom. The van der Waals surface area contributed by atoms with E-state index in [-0.39, 0.29) is 5.97 Å². The number of methoxy groups -OCH3 is 1. The molecule has 1 saturated carbocycles. The van der Waals surface area contributed by atoms with Gasteiger partial charge in [-0.2, -0.15) is 0 Å². The summed E-state index contributed by atoms with van der Waals surface area (Å²) >= 11 is 6.29. The van der Waals surface area contributed by atoms with Crippen LogP contribution in [0.15, 0.2) is 12.1 Å². The third-order valence-electron chi connectivity index (χ3n) is 5.35. The van der Waals surface area contributed by atoms with Crippen molar-refractivity contribution in [2.45, 2.75) is 65.3 Å². The molecule has 0 unspecified atom stereocenters. The first-order valence-electron chi connectivity index (χ1n) is 9.16. The molecular formula is C20H30ClNO2. The molecule has 1 aromatic rings. The van der Waals surface area contributed by atoms with Gasteiger partial charge in [0.05, 0.1) is 12.7 Å². The smallest absolute Gasteiger partial charge is 0.338 e. The van der Waals surface area contributed by atoms with Gasteiger partial charge in [-0.25, -0.2) is 4.79 Å². The molecule has 0 N–H and O–H groups in total. The lowest BCUT2D eigenvalue weighted by molar-refractivity contribution is 0.0600. The lowest BCUT2D eigenvalue weighted by Crippen LogP contribution is -2.38. The molecule has 1 aliphatic carbocycles. The average Bonchev–Trinajstić information content (AvgIpc) is 2.59. The maximum Gasteiger partial charge on any atom is 0.338 e. The third kappa shape index (κ3) is 4.24. The molecule has 2 rings (SSSR count). The van der Waals surface area contributed by atoms with Crippen LogP contribution in [-0.4, -0.2) is 25.7 Å². The van der Waals surface area contributed by atoms with E-state index in [4.69, 9.17) is 16.3 Å². The molecular weight excluding hydrogens is 322 g/mol. The molecule has 134 valence electrons. The molecule has 0 bridgehead atoms. The van der Waals surface area contributed by atoms with E-state index in [1.807, 2.05) is 13.0 Å². The van der Waals surface area contributed by atoms with Crippen LogP contribution in [-0.2, 0) is 4.74 Å². The monoisotopic (exact) mass is 351 g/mol. The minimum absolute atomic E-state index is 0.320. The summed E-state index contributed by atoms with van der Waals surface area (Å²) in [6.07, 6.45) is 7.68. The highest BCUT2D eigenvalue weighted by atomic mass is 35.5. The predicted molar refractivity (Wildman–Crippen MR) is 101 cm³/mol. The van der Waals surface area contributed by atoms with E-state index in [1.165, 1.54) is 45.6 Å². The number of esters is 1. The highest BCUT2D eigenvalue weighted by Crippen LogP contribution is 2.36. The van der Waals surface area contributed by atoms with Crippen molar-refractivity contribution < 1.29 is 9.53 Å². The molecule has 0 amide bonds. The van der Waals surface area contributed by atoms with E-state index < -0.39 is 0 Å². The number of hydrogen-bond acceptors (Lipinski definition) is 3. The Labute approximate surface area is 151 Å². The molecule has 0 spiro atoms. The summed E-state index contributed by atoms with van der Waals surface area (Å²) in [7, 11) is 1.41. The Hall–Kier alpha value is -1.22. The van der Waals surface area contributed by atoms with Crippen LogP contribution < -0.4 is 4.90 Å². The zero-order valence-electron chi connectivity index (χ0n) is 15.4. The van der Waals surface area contributed by atoms with Crippen LogP contribution in [0.3, 0.4) is 0 Å². The van der Waals surface area contributed by atoms with Gasteiger partial charge >= 0.3 is 5.97 Å². The van der Waals surface area contributed by atoms with Crippen molar-refractivity contribution in [1.29, 1.82) is 0 Å². The van der Waals surface area contributed by atoms with Crippen molar-refractivity contribution in [2.24, 2.45) is 5.92 Å². The van der Waals surface area contributed by atoms with Crippen molar-refractivity contribution in [1.82, 2.24) is 0 Å². The molecule has 0 atom stereocenters. The Balaban J connectivity index is 2.25. The molecule has 1 aliphatic rings. The molecule has 0 heterocycles. The van der Waals surface area contributed by atoms with Gasteiger partial charge in [0.25, 0.3) is 0 Å². The van der Waals surface area contributed by atoms with Gasteiger partial charge in [0.2, 0.25) is 0 Å². The van der Waals surface area contributed by atoms with E-state index in [1.54, 1.807) is 6.07 Å². The second kappa shape index (κ2) is 8.75. The number of anilines is 1. The molecule has 0 radical (unpaired) electrons. The molecule has 4 heteroatoms. The summed E-state index contributed by atoms with van der Waals surface area (Å²) in [6, 6.07) is 4.23. The second-order valence-electron chi connectivity index (χ2n) is 6.84. The molecule has 3 nitrogen and oxygen atoms in total. The Bertz CT molecular complexity index is 565. The number of carbonyl (C=O) groups is 1. The van der Waals surface area contributed by atoms with Crippen LogP contribution in [0.1, 0.15) is 68.3 Å². The van der Waals surface area contributed by atoms with Gasteiger partial charge in [-0.1, -0.05) is 31.4 Å². The quantitative estimate of drug-likeness (QED) is 0.623. The first-order chi connectivity index (χ1) is 11.5. The molecule has 1 fully saturated rings. The normalized spacial score (nSPS) is 20.7. The maximum atomic E-state index is 12.0. The van der Waals surface area contributed by atoms with Crippen LogP contribution in [0.5, 0.6) is 0 Å². The van der Waals surface area contributed by atoms with Crippen LogP contribution in [0.4, 0.5) is 5.69 Å². The van der Waals surface area contributed by atoms with E-state index in [0.29, 0.717) is 16.6 Å². The van der Waals surface area contributed by atoms with Crippen molar-refractivity contribution in [2.75, 3.05) is 18.6 Å². The standard InChI is InChI=1S/C20H30ClNO2/c1-5-7-15-8-10-17(11-9-15)22(6-2)19-13-16(21)12-18(14(19)3)20(23)24-4/h12-13,15,17H,5-11H2,1-4H3. The number of rotatable bonds is 6. The highest BCUT2D eigenvalue weighted by Gasteiger charge is 2.27. The Morgan fingerprint density at radius 1 is 1.25 bits per heavy atom. The van der Waals surface area contributed by atoms with E-state index >= 15 is 0 Å². The fourth-order valence-electron chi connectivity index (χ4n) is 4.06. The number of carbonyl (C=O) groups excluding carboxylic acids is 1. The van der Waals surface area contributed by atoms with E-state index in [2.05, 4.69) is 18.7 Å². The van der Waals surface area contributed by atoms with Gasteiger partial charge in [-0.15, -0.1) is 0 Å². The largest absolute Gasteiger partial charge is 0.465 e. The van der Waals surface area contributed by atoms with E-state index in [9.17, 15) is 4.79 Å². The molecule has 0 aromatic heterocycles. The van der Waals surface area contributed by atoms with Gasteiger partial charge < -0.3 is 9.64 Å². The predicted octanol–water partition coefficient (Wildman–Crippen LogP) is 5.62. The average molecular weight is 352 g/mol. The summed E-state index contributed by atoms with van der Waals surface area (Å²) in [5, 5.41) is 0.592. The van der Waals surface area contributed by atoms with Crippen molar-refractivity contribution in [3.05, 3.63) is 28.3 Å². The molecule has 24 heavy (non-hydrogen) atoms. The topological polar surface area (TPSA) is 29.5 Å². The van der Waals surface area contributed by atoms with Crippen molar-refractivity contribution in [3.8, 4) is 0 Å². The minimum Gasteiger partial charge on any atom is -0.465 e. The number of hydrogen-bond donors (Lipinski definition) is 0. The van der Waals surface area contributed by atoms with Gasteiger partial charge in [-0.05, 0) is 63.1 Å². The Kier molecular flexibility index (Phi) is 6.97. The third-order valence-corrected chi connectivity index (χ3v) is 5.57. The fraction of sp³-hybridized carbons (Fsp3) is 0.650. The molecule has 0 saturated heterocycles. The lowest BCUT2D eigenvalue weighted by atomic mass is 9.82. The van der Waals surface area contributed by atoms with Crippen LogP contribution in [0, 0.1) is 12.8 Å². The van der Waals surface area contributed by atoms with E-state index in [0.717, 1.165) is 23.7 Å². The molecule has 1 aromatic carbocycles. The SMILES string of the molecule is CCCC1CCC(N(CC)c2cc(Cl)cc(C(=O)OC)c2C)CC1. The minimum atomic E-state index is -0.320. The van der Waals surface area contributed by atoms with Crippen LogP contribution >= 0.6 is 11.6 Å². The highest BCUT2D eigenvalue weighted by molar-refractivity contribution is 6.31. The van der Waals surface area contributed by atoms with Crippen LogP contribution in [0.25, 0.3) is 0 Å². The second-order valence-corrected chi connectivity index (χ2v) is 7.27. The summed E-state index contributed by atoms with van der Waals surface area (Å²) in [6.45, 7) is 7.36. The summed E-state index contributed by atoms with van der Waals surface area (Å²) < 4.78 is 4.91. The summed E-state index contributed by atoms with van der Waals surface area (Å²) in [4.78, 5) is 14.5. The summed E-state index contributed by atoms with van der Waals surface area (Å²) in [5.41, 5.74) is 2.60. The number of nitrogens with zero attached hydrogens (tertiary/aromatic N) is 1. The van der Waals surface area contributed by atoms with Gasteiger partial charge in [0.1, 0.15) is 0 Å². The zero-order chi connectivity index (χ0) is 17.7. The number of ether oxygens (including phenoxy) is 1.